The van der Waals surface area contributed by atoms with Gasteiger partial charge in [0.05, 0.1) is 5.69 Å². The number of rotatable bonds is 3. The molecule has 1 amide bonds. The van der Waals surface area contributed by atoms with E-state index in [2.05, 4.69) is 0 Å². The summed E-state index contributed by atoms with van der Waals surface area (Å²) in [6.07, 6.45) is 4.02. The van der Waals surface area contributed by atoms with E-state index in [1.807, 2.05) is 0 Å². The van der Waals surface area contributed by atoms with Crippen LogP contribution in [0.15, 0.2) is 62.5 Å². The first kappa shape index (κ1) is 20.2. The highest BCUT2D eigenvalue weighted by atomic mass is 19.1. The number of nitrogens with zero attached hydrogens (tertiary/aromatic N) is 3. The van der Waals surface area contributed by atoms with Gasteiger partial charge in [-0.05, 0) is 49.2 Å². The Morgan fingerprint density at radius 2 is 1.62 bits per heavy atom. The van der Waals surface area contributed by atoms with E-state index in [0.29, 0.717) is 29.6 Å². The maximum absolute atomic E-state index is 13.5. The van der Waals surface area contributed by atoms with E-state index in [-0.39, 0.29) is 23.7 Å². The smallest absolute Gasteiger partial charge is 0.336 e. The fraction of sp³-hybridized carbons (Fsp3) is 0.292. The molecule has 1 saturated heterocycles. The summed E-state index contributed by atoms with van der Waals surface area (Å²) in [5, 5.41) is 0.589. The normalized spacial score (nSPS) is 14.7. The summed E-state index contributed by atoms with van der Waals surface area (Å²) in [5.74, 6) is -0.659. The second kappa shape index (κ2) is 8.11. The lowest BCUT2D eigenvalue weighted by Gasteiger charge is -2.21. The fourth-order valence-electron chi connectivity index (χ4n) is 4.37. The van der Waals surface area contributed by atoms with Gasteiger partial charge in [-0.15, -0.1) is 0 Å². The van der Waals surface area contributed by atoms with Crippen LogP contribution in [-0.4, -0.2) is 33.0 Å². The number of amides is 1. The van der Waals surface area contributed by atoms with E-state index in [1.54, 1.807) is 29.2 Å². The molecular formula is C24H22FN3O4. The van der Waals surface area contributed by atoms with Crippen LogP contribution in [0.3, 0.4) is 0 Å². The summed E-state index contributed by atoms with van der Waals surface area (Å²) in [5.41, 5.74) is -0.363. The van der Waals surface area contributed by atoms with Crippen LogP contribution in [0.5, 0.6) is 0 Å². The van der Waals surface area contributed by atoms with Crippen LogP contribution < -0.4 is 11.2 Å². The van der Waals surface area contributed by atoms with E-state index in [0.717, 1.165) is 30.3 Å². The molecule has 0 bridgehead atoms. The molecule has 0 atom stereocenters. The third-order valence-corrected chi connectivity index (χ3v) is 6.00. The lowest BCUT2D eigenvalue weighted by atomic mass is 10.2. The minimum atomic E-state index is -0.663. The minimum absolute atomic E-state index is 0.0150. The average Bonchev–Trinajstić information content (AvgIpc) is 2.97. The Kier molecular flexibility index (Phi) is 5.13. The van der Waals surface area contributed by atoms with E-state index >= 15 is 0 Å². The van der Waals surface area contributed by atoms with Crippen LogP contribution in [0.25, 0.3) is 27.8 Å². The number of aromatic nitrogens is 2. The Bertz CT molecular complexity index is 1420. The van der Waals surface area contributed by atoms with Gasteiger partial charge in [-0.3, -0.25) is 14.2 Å². The lowest BCUT2D eigenvalue weighted by molar-refractivity contribution is -0.131. The van der Waals surface area contributed by atoms with Gasteiger partial charge in [0.25, 0.3) is 0 Å². The van der Waals surface area contributed by atoms with E-state index < -0.39 is 17.1 Å². The molecule has 0 aliphatic carbocycles. The van der Waals surface area contributed by atoms with Crippen molar-refractivity contribution in [1.29, 1.82) is 0 Å². The number of benzene rings is 2. The van der Waals surface area contributed by atoms with Gasteiger partial charge < -0.3 is 9.32 Å². The quantitative estimate of drug-likeness (QED) is 0.494. The highest BCUT2D eigenvalue weighted by Crippen LogP contribution is 2.26. The number of hydrogen-bond acceptors (Lipinski definition) is 4. The predicted octanol–water partition coefficient (Wildman–Crippen LogP) is 3.44. The molecule has 2 aromatic carbocycles. The van der Waals surface area contributed by atoms with Gasteiger partial charge >= 0.3 is 11.2 Å². The Labute approximate surface area is 182 Å². The van der Waals surface area contributed by atoms with E-state index in [4.69, 9.17) is 4.42 Å². The Morgan fingerprint density at radius 1 is 0.938 bits per heavy atom. The number of hydrogen-bond donors (Lipinski definition) is 0. The first-order valence-electron chi connectivity index (χ1n) is 10.8. The van der Waals surface area contributed by atoms with Crippen molar-refractivity contribution in [2.45, 2.75) is 32.2 Å². The van der Waals surface area contributed by atoms with Crippen molar-refractivity contribution >= 4 is 28.0 Å². The largest absolute Gasteiger partial charge is 0.449 e. The van der Waals surface area contributed by atoms with Crippen molar-refractivity contribution < 1.29 is 13.6 Å². The highest BCUT2D eigenvalue weighted by Gasteiger charge is 2.24. The number of para-hydroxylation sites is 1. The zero-order chi connectivity index (χ0) is 22.2. The molecule has 1 fully saturated rings. The molecule has 1 aliphatic rings. The molecule has 7 nitrogen and oxygen atoms in total. The van der Waals surface area contributed by atoms with Crippen molar-refractivity contribution in [2.75, 3.05) is 13.1 Å². The number of likely N-dealkylation sites (tertiary alicyclic amines) is 1. The van der Waals surface area contributed by atoms with E-state index in [1.165, 1.54) is 28.8 Å². The Balaban J connectivity index is 1.74. The first-order chi connectivity index (χ1) is 15.5. The van der Waals surface area contributed by atoms with Gasteiger partial charge in [-0.25, -0.2) is 13.8 Å². The first-order valence-corrected chi connectivity index (χ1v) is 10.8. The molecule has 0 spiro atoms. The zero-order valence-electron chi connectivity index (χ0n) is 17.4. The molecule has 8 heteroatoms. The van der Waals surface area contributed by atoms with Gasteiger partial charge in [0.15, 0.2) is 0 Å². The molecular weight excluding hydrogens is 413 g/mol. The SMILES string of the molecule is O=C(Cn1c(=O)n(-c2ccc(F)cc2)c(=O)c2oc3ccccc3c21)N1CCCCCC1. The van der Waals surface area contributed by atoms with Crippen LogP contribution in [0, 0.1) is 5.82 Å². The molecule has 0 saturated carbocycles. The summed E-state index contributed by atoms with van der Waals surface area (Å²) in [4.78, 5) is 41.7. The molecule has 5 rings (SSSR count). The molecule has 1 aliphatic heterocycles. The second-order valence-electron chi connectivity index (χ2n) is 8.06. The van der Waals surface area contributed by atoms with Gasteiger partial charge in [0, 0.05) is 18.5 Å². The maximum atomic E-state index is 13.5. The number of halogens is 1. The van der Waals surface area contributed by atoms with Crippen molar-refractivity contribution in [3.05, 3.63) is 75.2 Å². The van der Waals surface area contributed by atoms with Crippen LogP contribution in [-0.2, 0) is 11.3 Å². The van der Waals surface area contributed by atoms with Gasteiger partial charge in [0.1, 0.15) is 23.5 Å². The summed E-state index contributed by atoms with van der Waals surface area (Å²) in [7, 11) is 0. The van der Waals surface area contributed by atoms with Crippen LogP contribution >= 0.6 is 0 Å². The number of furan rings is 1. The Hall–Kier alpha value is -3.68. The van der Waals surface area contributed by atoms with Gasteiger partial charge in [-0.1, -0.05) is 25.0 Å². The van der Waals surface area contributed by atoms with Crippen LogP contribution in [0.1, 0.15) is 25.7 Å². The van der Waals surface area contributed by atoms with Crippen LogP contribution in [0.4, 0.5) is 4.39 Å². The standard InChI is InChI=1S/C24H22FN3O4/c25-16-9-11-17(12-10-16)28-23(30)22-21(18-7-3-4-8-19(18)32-22)27(24(28)31)15-20(29)26-13-5-1-2-6-14-26/h3-4,7-12H,1-2,5-6,13-15H2. The zero-order valence-corrected chi connectivity index (χ0v) is 17.4. The highest BCUT2D eigenvalue weighted by molar-refractivity contribution is 6.02. The number of carbonyl (C=O) groups excluding carboxylic acids is 1. The monoisotopic (exact) mass is 435 g/mol. The average molecular weight is 435 g/mol. The molecule has 0 unspecified atom stereocenters. The molecule has 2 aromatic heterocycles. The third-order valence-electron chi connectivity index (χ3n) is 6.00. The van der Waals surface area contributed by atoms with Crippen molar-refractivity contribution in [3.8, 4) is 5.69 Å². The molecule has 32 heavy (non-hydrogen) atoms. The van der Waals surface area contributed by atoms with Gasteiger partial charge in [0.2, 0.25) is 11.5 Å². The van der Waals surface area contributed by atoms with Gasteiger partial charge in [-0.2, -0.15) is 0 Å². The fourth-order valence-corrected chi connectivity index (χ4v) is 4.37. The molecule has 4 aromatic rings. The molecule has 0 N–H and O–H groups in total. The van der Waals surface area contributed by atoms with Crippen molar-refractivity contribution in [1.82, 2.24) is 14.0 Å². The molecule has 3 heterocycles. The number of fused-ring (bicyclic) bond motifs is 3. The molecule has 0 radical (unpaired) electrons. The summed E-state index contributed by atoms with van der Waals surface area (Å²) >= 11 is 0. The number of carbonyl (C=O) groups is 1. The maximum Gasteiger partial charge on any atom is 0.336 e. The lowest BCUT2D eigenvalue weighted by Crippen LogP contribution is -2.42. The molecule has 164 valence electrons. The van der Waals surface area contributed by atoms with Crippen molar-refractivity contribution in [2.24, 2.45) is 0 Å². The minimum Gasteiger partial charge on any atom is -0.449 e. The van der Waals surface area contributed by atoms with Crippen LogP contribution in [0.2, 0.25) is 0 Å². The Morgan fingerprint density at radius 3 is 2.34 bits per heavy atom. The predicted molar refractivity (Wildman–Crippen MR) is 119 cm³/mol. The third kappa shape index (κ3) is 3.41. The van der Waals surface area contributed by atoms with Crippen molar-refractivity contribution in [3.63, 3.8) is 0 Å². The van der Waals surface area contributed by atoms with E-state index in [9.17, 15) is 18.8 Å². The summed E-state index contributed by atoms with van der Waals surface area (Å²) in [6.45, 7) is 1.10. The second-order valence-corrected chi connectivity index (χ2v) is 8.06. The summed E-state index contributed by atoms with van der Waals surface area (Å²) < 4.78 is 21.5. The summed E-state index contributed by atoms with van der Waals surface area (Å²) in [6, 6.07) is 12.1. The topological polar surface area (TPSA) is 77.5 Å².